The van der Waals surface area contributed by atoms with Gasteiger partial charge in [-0.15, -0.1) is 0 Å². The third kappa shape index (κ3) is 5.97. The van der Waals surface area contributed by atoms with Crippen LogP contribution in [-0.4, -0.2) is 47.8 Å². The Labute approximate surface area is 194 Å². The predicted molar refractivity (Wildman–Crippen MR) is 125 cm³/mol. The van der Waals surface area contributed by atoms with E-state index >= 15 is 0 Å². The number of nitrogens with one attached hydrogen (secondary N) is 2. The number of carbonyl (C=O) groups excluding carboxylic acids is 3. The molecular weight excluding hydrogens is 421 g/mol. The zero-order valence-electron chi connectivity index (χ0n) is 19.4. The first kappa shape index (κ1) is 24.4. The Morgan fingerprint density at radius 2 is 1.61 bits per heavy atom. The number of aryl methyl sites for hydroxylation is 1. The molecule has 7 heteroatoms. The molecule has 0 saturated carbocycles. The fourth-order valence-electron chi connectivity index (χ4n) is 4.12. The summed E-state index contributed by atoms with van der Waals surface area (Å²) < 4.78 is 14.1. The first-order valence-corrected chi connectivity index (χ1v) is 11.5. The predicted octanol–water partition coefficient (Wildman–Crippen LogP) is 3.70. The molecule has 0 radical (unpaired) electrons. The molecule has 0 bridgehead atoms. The Kier molecular flexibility index (Phi) is 8.20. The number of carbonyl (C=O) groups is 3. The van der Waals surface area contributed by atoms with E-state index in [1.165, 1.54) is 18.2 Å². The third-order valence-electron chi connectivity index (χ3n) is 6.36. The summed E-state index contributed by atoms with van der Waals surface area (Å²) in [6, 6.07) is 12.3. The second-order valence-electron chi connectivity index (χ2n) is 8.69. The number of likely N-dealkylation sites (tertiary alicyclic amines) is 1. The Morgan fingerprint density at radius 1 is 1.00 bits per heavy atom. The summed E-state index contributed by atoms with van der Waals surface area (Å²) in [5.41, 5.74) is 1.51. The SMILES string of the molecule is CCC(C)NC(=O)C(NC(=O)c1ccccc1F)C1CCN(C(=O)c2ccccc2C)CC1. The zero-order valence-corrected chi connectivity index (χ0v) is 19.4. The highest BCUT2D eigenvalue weighted by atomic mass is 19.1. The largest absolute Gasteiger partial charge is 0.352 e. The van der Waals surface area contributed by atoms with E-state index in [9.17, 15) is 18.8 Å². The fraction of sp³-hybridized carbons (Fsp3) is 0.423. The average molecular weight is 454 g/mol. The van der Waals surface area contributed by atoms with Crippen LogP contribution in [0, 0.1) is 18.7 Å². The molecule has 2 aromatic rings. The van der Waals surface area contributed by atoms with Crippen molar-refractivity contribution in [1.29, 1.82) is 0 Å². The first-order chi connectivity index (χ1) is 15.8. The molecule has 1 fully saturated rings. The van der Waals surface area contributed by atoms with Crippen molar-refractivity contribution >= 4 is 17.7 Å². The minimum Gasteiger partial charge on any atom is -0.352 e. The number of halogens is 1. The monoisotopic (exact) mass is 453 g/mol. The molecule has 1 heterocycles. The molecule has 0 aliphatic carbocycles. The van der Waals surface area contributed by atoms with Gasteiger partial charge in [0.2, 0.25) is 5.91 Å². The number of nitrogens with zero attached hydrogens (tertiary/aromatic N) is 1. The second kappa shape index (κ2) is 11.1. The van der Waals surface area contributed by atoms with E-state index in [1.54, 1.807) is 11.0 Å². The summed E-state index contributed by atoms with van der Waals surface area (Å²) in [7, 11) is 0. The number of benzene rings is 2. The summed E-state index contributed by atoms with van der Waals surface area (Å²) in [5, 5.41) is 5.70. The van der Waals surface area contributed by atoms with Gasteiger partial charge in [0.15, 0.2) is 0 Å². The van der Waals surface area contributed by atoms with E-state index in [1.807, 2.05) is 45.0 Å². The van der Waals surface area contributed by atoms with E-state index in [4.69, 9.17) is 0 Å². The molecule has 6 nitrogen and oxygen atoms in total. The van der Waals surface area contributed by atoms with E-state index in [0.29, 0.717) is 31.5 Å². The Morgan fingerprint density at radius 3 is 2.21 bits per heavy atom. The van der Waals surface area contributed by atoms with Crippen molar-refractivity contribution in [1.82, 2.24) is 15.5 Å². The van der Waals surface area contributed by atoms with E-state index in [2.05, 4.69) is 10.6 Å². The molecule has 1 saturated heterocycles. The van der Waals surface area contributed by atoms with Crippen LogP contribution in [-0.2, 0) is 4.79 Å². The molecule has 1 aliphatic heterocycles. The Hall–Kier alpha value is -3.22. The minimum atomic E-state index is -0.804. The van der Waals surface area contributed by atoms with Gasteiger partial charge >= 0.3 is 0 Å². The summed E-state index contributed by atoms with van der Waals surface area (Å²) >= 11 is 0. The molecule has 0 spiro atoms. The van der Waals surface area contributed by atoms with Crippen LogP contribution in [0.4, 0.5) is 4.39 Å². The Balaban J connectivity index is 1.72. The van der Waals surface area contributed by atoms with Crippen molar-refractivity contribution in [2.75, 3.05) is 13.1 Å². The number of amides is 3. The lowest BCUT2D eigenvalue weighted by Crippen LogP contribution is -2.55. The molecule has 2 unspecified atom stereocenters. The van der Waals surface area contributed by atoms with Gasteiger partial charge in [0.05, 0.1) is 5.56 Å². The summed E-state index contributed by atoms with van der Waals surface area (Å²) in [5.74, 6) is -1.71. The van der Waals surface area contributed by atoms with Crippen molar-refractivity contribution in [2.24, 2.45) is 5.92 Å². The Bertz CT molecular complexity index is 1000. The van der Waals surface area contributed by atoms with Crippen LogP contribution in [0.15, 0.2) is 48.5 Å². The van der Waals surface area contributed by atoms with Crippen LogP contribution in [0.5, 0.6) is 0 Å². The van der Waals surface area contributed by atoms with Gasteiger partial charge in [-0.25, -0.2) is 4.39 Å². The molecule has 3 rings (SSSR count). The smallest absolute Gasteiger partial charge is 0.254 e. The maximum atomic E-state index is 14.1. The maximum Gasteiger partial charge on any atom is 0.254 e. The third-order valence-corrected chi connectivity index (χ3v) is 6.36. The summed E-state index contributed by atoms with van der Waals surface area (Å²) in [6.45, 7) is 6.75. The van der Waals surface area contributed by atoms with Crippen molar-refractivity contribution in [3.63, 3.8) is 0 Å². The molecule has 1 aliphatic rings. The standard InChI is InChI=1S/C26H32FN3O3/c1-4-18(3)28-25(32)23(29-24(31)21-11-7-8-12-22(21)27)19-13-15-30(16-14-19)26(33)20-10-6-5-9-17(20)2/h5-12,18-19,23H,4,13-16H2,1-3H3,(H,28,32)(H,29,31). The van der Waals surface area contributed by atoms with Gasteiger partial charge in [-0.1, -0.05) is 37.3 Å². The van der Waals surface area contributed by atoms with Crippen LogP contribution in [0.1, 0.15) is 59.4 Å². The van der Waals surface area contributed by atoms with Crippen LogP contribution < -0.4 is 10.6 Å². The number of rotatable bonds is 7. The van der Waals surface area contributed by atoms with Crippen molar-refractivity contribution in [3.8, 4) is 0 Å². The highest BCUT2D eigenvalue weighted by molar-refractivity contribution is 5.98. The number of hydrogen-bond acceptors (Lipinski definition) is 3. The normalized spacial score (nSPS) is 16.1. The molecule has 176 valence electrons. The van der Waals surface area contributed by atoms with Crippen molar-refractivity contribution in [2.45, 2.75) is 52.1 Å². The fourth-order valence-corrected chi connectivity index (χ4v) is 4.12. The van der Waals surface area contributed by atoms with Gasteiger partial charge in [0.25, 0.3) is 11.8 Å². The lowest BCUT2D eigenvalue weighted by Gasteiger charge is -2.36. The quantitative estimate of drug-likeness (QED) is 0.671. The van der Waals surface area contributed by atoms with Crippen LogP contribution in [0.25, 0.3) is 0 Å². The molecule has 3 amide bonds. The maximum absolute atomic E-state index is 14.1. The van der Waals surface area contributed by atoms with Gasteiger partial charge < -0.3 is 15.5 Å². The molecule has 2 aromatic carbocycles. The first-order valence-electron chi connectivity index (χ1n) is 11.5. The van der Waals surface area contributed by atoms with Gasteiger partial charge in [-0.2, -0.15) is 0 Å². The van der Waals surface area contributed by atoms with Crippen molar-refractivity contribution in [3.05, 3.63) is 71.0 Å². The van der Waals surface area contributed by atoms with Crippen molar-refractivity contribution < 1.29 is 18.8 Å². The second-order valence-corrected chi connectivity index (χ2v) is 8.69. The summed E-state index contributed by atoms with van der Waals surface area (Å²) in [6.07, 6.45) is 1.88. The minimum absolute atomic E-state index is 0.0254. The molecular formula is C26H32FN3O3. The number of piperidine rings is 1. The topological polar surface area (TPSA) is 78.5 Å². The molecule has 2 N–H and O–H groups in total. The van der Waals surface area contributed by atoms with E-state index in [0.717, 1.165) is 12.0 Å². The lowest BCUT2D eigenvalue weighted by molar-refractivity contribution is -0.125. The van der Waals surface area contributed by atoms with Crippen LogP contribution >= 0.6 is 0 Å². The molecule has 0 aromatic heterocycles. The molecule has 33 heavy (non-hydrogen) atoms. The van der Waals surface area contributed by atoms with E-state index in [-0.39, 0.29) is 29.3 Å². The lowest BCUT2D eigenvalue weighted by atomic mass is 9.88. The summed E-state index contributed by atoms with van der Waals surface area (Å²) in [4.78, 5) is 40.6. The van der Waals surface area contributed by atoms with Gasteiger partial charge in [0, 0.05) is 24.7 Å². The average Bonchev–Trinajstić information content (AvgIpc) is 2.82. The highest BCUT2D eigenvalue weighted by Gasteiger charge is 2.35. The van der Waals surface area contributed by atoms with Gasteiger partial charge in [-0.05, 0) is 62.8 Å². The van der Waals surface area contributed by atoms with E-state index < -0.39 is 17.8 Å². The number of hydrogen-bond donors (Lipinski definition) is 2. The zero-order chi connectivity index (χ0) is 24.0. The molecule has 2 atom stereocenters. The van der Waals surface area contributed by atoms with Crippen LogP contribution in [0.2, 0.25) is 0 Å². The van der Waals surface area contributed by atoms with Crippen LogP contribution in [0.3, 0.4) is 0 Å². The van der Waals surface area contributed by atoms with Gasteiger partial charge in [-0.3, -0.25) is 14.4 Å². The highest BCUT2D eigenvalue weighted by Crippen LogP contribution is 2.24. The van der Waals surface area contributed by atoms with Gasteiger partial charge in [0.1, 0.15) is 11.9 Å².